The van der Waals surface area contributed by atoms with Crippen LogP contribution >= 0.6 is 0 Å². The lowest BCUT2D eigenvalue weighted by molar-refractivity contribution is 0.0723. The Morgan fingerprint density at radius 3 is 2.25 bits per heavy atom. The van der Waals surface area contributed by atoms with Crippen molar-refractivity contribution < 1.29 is 32.2 Å². The molecule has 5 nitrogen and oxygen atoms in total. The number of carbonyl (C=O) groups excluding carboxylic acids is 1. The van der Waals surface area contributed by atoms with Crippen molar-refractivity contribution in [3.63, 3.8) is 0 Å². The second kappa shape index (κ2) is 9.71. The molecule has 0 saturated carbocycles. The molecule has 0 fully saturated rings. The molecular weight excluding hydrogens is 423 g/mol. The maximum Gasteiger partial charge on any atom is 0.346 e. The van der Waals surface area contributed by atoms with Gasteiger partial charge in [0.1, 0.15) is 5.75 Å². The number of hydrogen-bond acceptors (Lipinski definition) is 5. The fourth-order valence-electron chi connectivity index (χ4n) is 2.81. The van der Waals surface area contributed by atoms with Gasteiger partial charge in [0.2, 0.25) is 0 Å². The molecule has 0 bridgehead atoms. The van der Waals surface area contributed by atoms with Crippen LogP contribution in [0, 0.1) is 28.8 Å². The Hall–Kier alpha value is -4.25. The number of nitrogens with zero attached hydrogens (tertiary/aromatic N) is 1. The van der Waals surface area contributed by atoms with Gasteiger partial charge in [-0.2, -0.15) is 5.26 Å². The fraction of sp³-hybridized carbons (Fsp3) is 0.0833. The molecule has 0 unspecified atom stereocenters. The summed E-state index contributed by atoms with van der Waals surface area (Å²) in [6.45, 7) is 0. The SMILES string of the molecule is COc1ccc(/C(C#N)=C\c2ccc(OC(=O)c3ccc(F)c(F)c3F)c(OC)c2)cc1. The number of rotatable bonds is 6. The zero-order valence-corrected chi connectivity index (χ0v) is 17.0. The van der Waals surface area contributed by atoms with Crippen molar-refractivity contribution in [1.82, 2.24) is 0 Å². The zero-order chi connectivity index (χ0) is 23.3. The van der Waals surface area contributed by atoms with Gasteiger partial charge in [-0.25, -0.2) is 18.0 Å². The number of ether oxygens (including phenoxy) is 3. The highest BCUT2D eigenvalue weighted by atomic mass is 19.2. The number of benzene rings is 3. The number of esters is 1. The largest absolute Gasteiger partial charge is 0.497 e. The van der Waals surface area contributed by atoms with Gasteiger partial charge < -0.3 is 14.2 Å². The van der Waals surface area contributed by atoms with Crippen molar-refractivity contribution in [3.05, 3.63) is 88.7 Å². The number of methoxy groups -OCH3 is 2. The summed E-state index contributed by atoms with van der Waals surface area (Å²) in [5.41, 5.74) is 0.828. The van der Waals surface area contributed by atoms with Gasteiger partial charge in [-0.15, -0.1) is 0 Å². The molecule has 162 valence electrons. The summed E-state index contributed by atoms with van der Waals surface area (Å²) in [4.78, 5) is 12.2. The van der Waals surface area contributed by atoms with Crippen LogP contribution in [0.15, 0.2) is 54.6 Å². The van der Waals surface area contributed by atoms with Gasteiger partial charge in [-0.05, 0) is 65.7 Å². The summed E-state index contributed by atoms with van der Waals surface area (Å²) >= 11 is 0. The molecule has 8 heteroatoms. The number of allylic oxidation sites excluding steroid dienone is 1. The second-order valence-corrected chi connectivity index (χ2v) is 6.42. The Balaban J connectivity index is 1.88. The van der Waals surface area contributed by atoms with E-state index in [1.165, 1.54) is 26.4 Å². The summed E-state index contributed by atoms with van der Waals surface area (Å²) in [5.74, 6) is -5.36. The molecule has 0 saturated heterocycles. The fourth-order valence-corrected chi connectivity index (χ4v) is 2.81. The summed E-state index contributed by atoms with van der Waals surface area (Å²) < 4.78 is 55.8. The van der Waals surface area contributed by atoms with Gasteiger partial charge in [-0.1, -0.05) is 6.07 Å². The van der Waals surface area contributed by atoms with E-state index in [1.807, 2.05) is 0 Å². The van der Waals surface area contributed by atoms with Crippen LogP contribution < -0.4 is 14.2 Å². The first-order valence-electron chi connectivity index (χ1n) is 9.18. The molecule has 0 aromatic heterocycles. The predicted molar refractivity (Wildman–Crippen MR) is 111 cm³/mol. The van der Waals surface area contributed by atoms with E-state index in [-0.39, 0.29) is 11.5 Å². The summed E-state index contributed by atoms with van der Waals surface area (Å²) in [6.07, 6.45) is 1.60. The Morgan fingerprint density at radius 2 is 1.62 bits per heavy atom. The molecule has 0 aliphatic rings. The van der Waals surface area contributed by atoms with Gasteiger partial charge in [0.15, 0.2) is 29.0 Å². The van der Waals surface area contributed by atoms with E-state index in [1.54, 1.807) is 36.4 Å². The van der Waals surface area contributed by atoms with Crippen LogP contribution in [0.25, 0.3) is 11.6 Å². The number of nitriles is 1. The molecular formula is C24H16F3NO4. The minimum Gasteiger partial charge on any atom is -0.497 e. The third-order valence-electron chi connectivity index (χ3n) is 4.48. The molecule has 0 aliphatic heterocycles. The first-order chi connectivity index (χ1) is 15.4. The predicted octanol–water partition coefficient (Wildman–Crippen LogP) is 5.40. The summed E-state index contributed by atoms with van der Waals surface area (Å²) in [7, 11) is 2.87. The van der Waals surface area contributed by atoms with Crippen LogP contribution in [0.3, 0.4) is 0 Å². The van der Waals surface area contributed by atoms with Crippen LogP contribution in [0.5, 0.6) is 17.2 Å². The maximum atomic E-state index is 13.9. The van der Waals surface area contributed by atoms with Crippen LogP contribution in [0.2, 0.25) is 0 Å². The Labute approximate surface area is 181 Å². The highest BCUT2D eigenvalue weighted by Gasteiger charge is 2.21. The van der Waals surface area contributed by atoms with Crippen molar-refractivity contribution in [2.75, 3.05) is 14.2 Å². The van der Waals surface area contributed by atoms with Crippen molar-refractivity contribution in [2.24, 2.45) is 0 Å². The van der Waals surface area contributed by atoms with Gasteiger partial charge in [-0.3, -0.25) is 0 Å². The van der Waals surface area contributed by atoms with Gasteiger partial charge in [0, 0.05) is 0 Å². The van der Waals surface area contributed by atoms with Crippen molar-refractivity contribution in [3.8, 4) is 23.3 Å². The number of carbonyl (C=O) groups is 1. The van der Waals surface area contributed by atoms with Crippen LogP contribution in [-0.4, -0.2) is 20.2 Å². The summed E-state index contributed by atoms with van der Waals surface area (Å²) in [6, 6.07) is 14.9. The van der Waals surface area contributed by atoms with Crippen molar-refractivity contribution >= 4 is 17.6 Å². The van der Waals surface area contributed by atoms with E-state index >= 15 is 0 Å². The molecule has 3 aromatic rings. The quantitative estimate of drug-likeness (QED) is 0.169. The maximum absolute atomic E-state index is 13.9. The lowest BCUT2D eigenvalue weighted by Gasteiger charge is -2.11. The van der Waals surface area contributed by atoms with E-state index in [4.69, 9.17) is 14.2 Å². The minimum absolute atomic E-state index is 0.0678. The molecule has 3 aromatic carbocycles. The molecule has 0 amide bonds. The van der Waals surface area contributed by atoms with Crippen LogP contribution in [-0.2, 0) is 0 Å². The Morgan fingerprint density at radius 1 is 0.906 bits per heavy atom. The molecule has 0 radical (unpaired) electrons. The second-order valence-electron chi connectivity index (χ2n) is 6.42. The van der Waals surface area contributed by atoms with Crippen LogP contribution in [0.1, 0.15) is 21.5 Å². The molecule has 0 atom stereocenters. The van der Waals surface area contributed by atoms with E-state index in [0.717, 1.165) is 6.07 Å². The van der Waals surface area contributed by atoms with Crippen molar-refractivity contribution in [1.29, 1.82) is 5.26 Å². The van der Waals surface area contributed by atoms with E-state index < -0.39 is 29.0 Å². The summed E-state index contributed by atoms with van der Waals surface area (Å²) in [5, 5.41) is 9.52. The lowest BCUT2D eigenvalue weighted by Crippen LogP contribution is -2.13. The molecule has 0 N–H and O–H groups in total. The minimum atomic E-state index is -1.77. The zero-order valence-electron chi connectivity index (χ0n) is 17.0. The first-order valence-corrected chi connectivity index (χ1v) is 9.18. The van der Waals surface area contributed by atoms with E-state index in [9.17, 15) is 23.2 Å². The van der Waals surface area contributed by atoms with E-state index in [2.05, 4.69) is 6.07 Å². The normalized spacial score (nSPS) is 10.9. The number of hydrogen-bond donors (Lipinski definition) is 0. The van der Waals surface area contributed by atoms with E-state index in [0.29, 0.717) is 28.5 Å². The van der Waals surface area contributed by atoms with Crippen LogP contribution in [0.4, 0.5) is 13.2 Å². The first kappa shape index (κ1) is 22.4. The highest BCUT2D eigenvalue weighted by Crippen LogP contribution is 2.31. The van der Waals surface area contributed by atoms with Gasteiger partial charge >= 0.3 is 5.97 Å². The molecule has 32 heavy (non-hydrogen) atoms. The third kappa shape index (κ3) is 4.73. The topological polar surface area (TPSA) is 68.5 Å². The molecule has 0 aliphatic carbocycles. The monoisotopic (exact) mass is 439 g/mol. The Bertz CT molecular complexity index is 1230. The lowest BCUT2D eigenvalue weighted by atomic mass is 10.0. The third-order valence-corrected chi connectivity index (χ3v) is 4.48. The molecule has 0 heterocycles. The average molecular weight is 439 g/mol. The standard InChI is InChI=1S/C24H16F3NO4/c1-30-17-6-4-15(5-7-17)16(13-28)11-14-3-10-20(21(12-14)31-2)32-24(29)18-8-9-19(25)23(27)22(18)26/h3-12H,1-2H3/b16-11-. The smallest absolute Gasteiger partial charge is 0.346 e. The van der Waals surface area contributed by atoms with Gasteiger partial charge in [0.05, 0.1) is 31.4 Å². The molecule has 3 rings (SSSR count). The Kier molecular flexibility index (Phi) is 6.80. The number of halogens is 3. The molecule has 0 spiro atoms. The van der Waals surface area contributed by atoms with Gasteiger partial charge in [0.25, 0.3) is 0 Å². The van der Waals surface area contributed by atoms with Crippen molar-refractivity contribution in [2.45, 2.75) is 0 Å². The highest BCUT2D eigenvalue weighted by molar-refractivity contribution is 5.92. The average Bonchev–Trinajstić information content (AvgIpc) is 2.81.